The van der Waals surface area contributed by atoms with E-state index in [2.05, 4.69) is 10.3 Å². The number of carbonyl (C=O) groups is 1. The number of rotatable bonds is 5. The van der Waals surface area contributed by atoms with Crippen LogP contribution in [0.1, 0.15) is 27.2 Å². The highest BCUT2D eigenvalue weighted by Crippen LogP contribution is 2.27. The molecule has 3 aromatic rings. The minimum absolute atomic E-state index is 0.0289. The monoisotopic (exact) mass is 364 g/mol. The first-order chi connectivity index (χ1) is 13.0. The number of halogens is 1. The summed E-state index contributed by atoms with van der Waals surface area (Å²) in [7, 11) is 1.62. The van der Waals surface area contributed by atoms with Crippen molar-refractivity contribution in [3.05, 3.63) is 82.8 Å². The molecule has 0 atom stereocenters. The van der Waals surface area contributed by atoms with Gasteiger partial charge in [0.05, 0.1) is 18.4 Å². The lowest BCUT2D eigenvalue weighted by Gasteiger charge is -2.15. The summed E-state index contributed by atoms with van der Waals surface area (Å²) in [6.45, 7) is 4.17. The summed E-state index contributed by atoms with van der Waals surface area (Å²) in [5.74, 6) is -0.226. The standard InChI is InChI=1S/C22H21FN2O2/c1-14-12-15(2)25-21(16-8-10-17(27-3)11-9-16)19(14)13-24-22(26)18-6-4-5-7-20(18)23/h4-12H,13H2,1-3H3,(H,24,26). The lowest BCUT2D eigenvalue weighted by molar-refractivity contribution is 0.0947. The van der Waals surface area contributed by atoms with Crippen molar-refractivity contribution >= 4 is 5.91 Å². The van der Waals surface area contributed by atoms with Crippen LogP contribution in [0.3, 0.4) is 0 Å². The molecule has 0 saturated carbocycles. The van der Waals surface area contributed by atoms with E-state index in [1.54, 1.807) is 19.2 Å². The van der Waals surface area contributed by atoms with Gasteiger partial charge >= 0.3 is 0 Å². The molecule has 5 heteroatoms. The van der Waals surface area contributed by atoms with Crippen LogP contribution < -0.4 is 10.1 Å². The Hall–Kier alpha value is -3.21. The molecule has 27 heavy (non-hydrogen) atoms. The number of methoxy groups -OCH3 is 1. The molecule has 0 unspecified atom stereocenters. The minimum atomic E-state index is -0.538. The number of aryl methyl sites for hydroxylation is 2. The zero-order chi connectivity index (χ0) is 19.4. The second kappa shape index (κ2) is 7.99. The van der Waals surface area contributed by atoms with Crippen molar-refractivity contribution in [3.63, 3.8) is 0 Å². The van der Waals surface area contributed by atoms with Crippen LogP contribution in [-0.4, -0.2) is 18.0 Å². The fraction of sp³-hybridized carbons (Fsp3) is 0.182. The number of nitrogens with one attached hydrogen (secondary N) is 1. The third-order valence-corrected chi connectivity index (χ3v) is 4.38. The fourth-order valence-corrected chi connectivity index (χ4v) is 2.98. The van der Waals surface area contributed by atoms with Crippen LogP contribution in [-0.2, 0) is 6.54 Å². The van der Waals surface area contributed by atoms with Crippen molar-refractivity contribution in [2.24, 2.45) is 0 Å². The van der Waals surface area contributed by atoms with E-state index in [1.807, 2.05) is 44.2 Å². The first kappa shape index (κ1) is 18.6. The maximum absolute atomic E-state index is 13.8. The summed E-state index contributed by atoms with van der Waals surface area (Å²) >= 11 is 0. The van der Waals surface area contributed by atoms with Gasteiger partial charge < -0.3 is 10.1 Å². The molecule has 0 fully saturated rings. The van der Waals surface area contributed by atoms with Crippen molar-refractivity contribution in [2.45, 2.75) is 20.4 Å². The molecule has 138 valence electrons. The molecule has 1 amide bonds. The van der Waals surface area contributed by atoms with Gasteiger partial charge in [-0.05, 0) is 61.9 Å². The van der Waals surface area contributed by atoms with Crippen LogP contribution in [0, 0.1) is 19.7 Å². The Morgan fingerprint density at radius 1 is 1.11 bits per heavy atom. The molecule has 4 nitrogen and oxygen atoms in total. The smallest absolute Gasteiger partial charge is 0.254 e. The summed E-state index contributed by atoms with van der Waals surface area (Å²) in [6, 6.07) is 15.5. The molecule has 0 aliphatic carbocycles. The molecule has 1 aromatic heterocycles. The third-order valence-electron chi connectivity index (χ3n) is 4.38. The van der Waals surface area contributed by atoms with Gasteiger partial charge in [0, 0.05) is 23.4 Å². The van der Waals surface area contributed by atoms with Crippen molar-refractivity contribution < 1.29 is 13.9 Å². The molecule has 3 rings (SSSR count). The summed E-state index contributed by atoms with van der Waals surface area (Å²) < 4.78 is 19.0. The normalized spacial score (nSPS) is 10.5. The van der Waals surface area contributed by atoms with Gasteiger partial charge in [-0.25, -0.2) is 4.39 Å². The second-order valence-electron chi connectivity index (χ2n) is 6.30. The number of aromatic nitrogens is 1. The largest absolute Gasteiger partial charge is 0.497 e. The highest BCUT2D eigenvalue weighted by molar-refractivity contribution is 5.94. The number of nitrogens with zero attached hydrogens (tertiary/aromatic N) is 1. The van der Waals surface area contributed by atoms with E-state index < -0.39 is 11.7 Å². The highest BCUT2D eigenvalue weighted by Gasteiger charge is 2.15. The number of pyridine rings is 1. The molecule has 1 heterocycles. The predicted molar refractivity (Wildman–Crippen MR) is 103 cm³/mol. The maximum Gasteiger partial charge on any atom is 0.254 e. The molecule has 0 spiro atoms. The van der Waals surface area contributed by atoms with E-state index in [-0.39, 0.29) is 12.1 Å². The Bertz CT molecular complexity index is 969. The molecule has 2 aromatic carbocycles. The highest BCUT2D eigenvalue weighted by atomic mass is 19.1. The quantitative estimate of drug-likeness (QED) is 0.728. The van der Waals surface area contributed by atoms with Gasteiger partial charge in [0.15, 0.2) is 0 Å². The number of hydrogen-bond donors (Lipinski definition) is 1. The predicted octanol–water partition coefficient (Wildman–Crippen LogP) is 4.44. The number of ether oxygens (including phenoxy) is 1. The minimum Gasteiger partial charge on any atom is -0.497 e. The topological polar surface area (TPSA) is 51.2 Å². The lowest BCUT2D eigenvalue weighted by atomic mass is 10.0. The molecule has 0 aliphatic rings. The summed E-state index contributed by atoms with van der Waals surface area (Å²) in [4.78, 5) is 17.0. The number of amides is 1. The lowest BCUT2D eigenvalue weighted by Crippen LogP contribution is -2.24. The van der Waals surface area contributed by atoms with Gasteiger partial charge in [0.2, 0.25) is 0 Å². The van der Waals surface area contributed by atoms with Crippen LogP contribution in [0.25, 0.3) is 11.3 Å². The van der Waals surface area contributed by atoms with E-state index in [0.717, 1.165) is 33.8 Å². The van der Waals surface area contributed by atoms with Crippen molar-refractivity contribution in [3.8, 4) is 17.0 Å². The Morgan fingerprint density at radius 3 is 2.48 bits per heavy atom. The Labute approximate surface area is 158 Å². The summed E-state index contributed by atoms with van der Waals surface area (Å²) in [5.41, 5.74) is 4.56. The third kappa shape index (κ3) is 4.14. The maximum atomic E-state index is 13.8. The number of carbonyl (C=O) groups excluding carboxylic acids is 1. The zero-order valence-corrected chi connectivity index (χ0v) is 15.5. The van der Waals surface area contributed by atoms with Crippen LogP contribution >= 0.6 is 0 Å². The van der Waals surface area contributed by atoms with Crippen molar-refractivity contribution in [2.75, 3.05) is 7.11 Å². The van der Waals surface area contributed by atoms with E-state index in [1.165, 1.54) is 12.1 Å². The Morgan fingerprint density at radius 2 is 1.81 bits per heavy atom. The van der Waals surface area contributed by atoms with E-state index in [4.69, 9.17) is 4.74 Å². The number of benzene rings is 2. The van der Waals surface area contributed by atoms with Gasteiger partial charge in [-0.3, -0.25) is 9.78 Å². The van der Waals surface area contributed by atoms with E-state index in [0.29, 0.717) is 0 Å². The van der Waals surface area contributed by atoms with Gasteiger partial charge in [0.1, 0.15) is 11.6 Å². The first-order valence-corrected chi connectivity index (χ1v) is 8.64. The molecular formula is C22H21FN2O2. The van der Waals surface area contributed by atoms with Crippen LogP contribution in [0.15, 0.2) is 54.6 Å². The van der Waals surface area contributed by atoms with E-state index >= 15 is 0 Å². The van der Waals surface area contributed by atoms with Crippen LogP contribution in [0.4, 0.5) is 4.39 Å². The van der Waals surface area contributed by atoms with Gasteiger partial charge in [0.25, 0.3) is 5.91 Å². The summed E-state index contributed by atoms with van der Waals surface area (Å²) in [5, 5.41) is 2.81. The Balaban J connectivity index is 1.90. The fourth-order valence-electron chi connectivity index (χ4n) is 2.98. The van der Waals surface area contributed by atoms with Crippen molar-refractivity contribution in [1.82, 2.24) is 10.3 Å². The first-order valence-electron chi connectivity index (χ1n) is 8.64. The molecule has 1 N–H and O–H groups in total. The van der Waals surface area contributed by atoms with Crippen LogP contribution in [0.5, 0.6) is 5.75 Å². The number of hydrogen-bond acceptors (Lipinski definition) is 3. The molecule has 0 saturated heterocycles. The Kier molecular flexibility index (Phi) is 5.50. The van der Waals surface area contributed by atoms with Gasteiger partial charge in [-0.1, -0.05) is 12.1 Å². The molecule has 0 aliphatic heterocycles. The van der Waals surface area contributed by atoms with E-state index in [9.17, 15) is 9.18 Å². The second-order valence-corrected chi connectivity index (χ2v) is 6.30. The SMILES string of the molecule is COc1ccc(-c2nc(C)cc(C)c2CNC(=O)c2ccccc2F)cc1. The summed E-state index contributed by atoms with van der Waals surface area (Å²) in [6.07, 6.45) is 0. The average Bonchev–Trinajstić information content (AvgIpc) is 2.67. The van der Waals surface area contributed by atoms with Crippen LogP contribution in [0.2, 0.25) is 0 Å². The van der Waals surface area contributed by atoms with Gasteiger partial charge in [-0.2, -0.15) is 0 Å². The van der Waals surface area contributed by atoms with Gasteiger partial charge in [-0.15, -0.1) is 0 Å². The molecular weight excluding hydrogens is 343 g/mol. The molecule has 0 bridgehead atoms. The zero-order valence-electron chi connectivity index (χ0n) is 15.5. The average molecular weight is 364 g/mol. The van der Waals surface area contributed by atoms with Crippen molar-refractivity contribution in [1.29, 1.82) is 0 Å². The molecule has 0 radical (unpaired) electrons.